The van der Waals surface area contributed by atoms with Gasteiger partial charge in [-0.05, 0) is 37.1 Å². The van der Waals surface area contributed by atoms with E-state index in [-0.39, 0.29) is 34.5 Å². The Labute approximate surface area is 175 Å². The number of hydrogen-bond donors (Lipinski definition) is 0. The number of aryl methyl sites for hydroxylation is 3. The van der Waals surface area contributed by atoms with Crippen molar-refractivity contribution in [3.8, 4) is 5.88 Å². The average molecular weight is 426 g/mol. The van der Waals surface area contributed by atoms with Crippen molar-refractivity contribution in [1.29, 1.82) is 0 Å². The van der Waals surface area contributed by atoms with Crippen LogP contribution in [-0.2, 0) is 16.9 Å². The quantitative estimate of drug-likeness (QED) is 0.539. The number of sulfone groups is 1. The van der Waals surface area contributed by atoms with Crippen LogP contribution in [0.4, 0.5) is 0 Å². The topological polar surface area (TPSA) is 95.3 Å². The number of aromatic nitrogens is 2. The van der Waals surface area contributed by atoms with Crippen LogP contribution in [0, 0.1) is 13.8 Å². The minimum atomic E-state index is -3.41. The summed E-state index contributed by atoms with van der Waals surface area (Å²) in [5.41, 5.74) is 2.02. The Hall–Kier alpha value is -3.26. The molecule has 0 aliphatic carbocycles. The molecular formula is C22H22N2O5S. The van der Waals surface area contributed by atoms with Crippen molar-refractivity contribution >= 4 is 21.4 Å². The third-order valence-electron chi connectivity index (χ3n) is 4.66. The Bertz CT molecular complexity index is 1200. The summed E-state index contributed by atoms with van der Waals surface area (Å²) in [4.78, 5) is 25.6. The van der Waals surface area contributed by atoms with Gasteiger partial charge in [-0.2, -0.15) is 5.10 Å². The van der Waals surface area contributed by atoms with Crippen LogP contribution in [0.3, 0.4) is 0 Å². The summed E-state index contributed by atoms with van der Waals surface area (Å²) in [5.74, 6) is -0.414. The predicted octanol–water partition coefficient (Wildman–Crippen LogP) is 2.93. The van der Waals surface area contributed by atoms with Crippen LogP contribution >= 0.6 is 0 Å². The zero-order valence-electron chi connectivity index (χ0n) is 17.2. The average Bonchev–Trinajstić information content (AvgIpc) is 3.05. The standard InChI is InChI=1S/C22H22N2O5S/c1-14-10-17(11-15(2)21(14)30(4,27)28)20(26)18-12-23-24(3)22(18)29-13-19(25)16-8-6-5-7-9-16/h5-12H,13H2,1-4H3. The van der Waals surface area contributed by atoms with Crippen LogP contribution in [0.2, 0.25) is 0 Å². The Kier molecular flexibility index (Phi) is 5.89. The van der Waals surface area contributed by atoms with E-state index < -0.39 is 9.84 Å². The highest BCUT2D eigenvalue weighted by Gasteiger charge is 2.23. The highest BCUT2D eigenvalue weighted by Crippen LogP contribution is 2.26. The fourth-order valence-electron chi connectivity index (χ4n) is 3.42. The molecule has 3 rings (SSSR count). The largest absolute Gasteiger partial charge is 0.469 e. The van der Waals surface area contributed by atoms with E-state index in [1.807, 2.05) is 6.07 Å². The van der Waals surface area contributed by atoms with Crippen LogP contribution in [-0.4, -0.2) is 42.6 Å². The van der Waals surface area contributed by atoms with E-state index in [1.165, 1.54) is 23.0 Å². The second-order valence-corrected chi connectivity index (χ2v) is 9.06. The summed E-state index contributed by atoms with van der Waals surface area (Å²) in [7, 11) is -1.80. The van der Waals surface area contributed by atoms with Gasteiger partial charge in [-0.3, -0.25) is 9.59 Å². The van der Waals surface area contributed by atoms with Gasteiger partial charge in [0.25, 0.3) is 0 Å². The molecule has 0 saturated carbocycles. The molecule has 30 heavy (non-hydrogen) atoms. The first-order valence-electron chi connectivity index (χ1n) is 9.18. The van der Waals surface area contributed by atoms with Crippen LogP contribution in [0.15, 0.2) is 53.6 Å². The fraction of sp³-hybridized carbons (Fsp3) is 0.227. The van der Waals surface area contributed by atoms with Gasteiger partial charge in [-0.15, -0.1) is 0 Å². The first-order chi connectivity index (χ1) is 14.1. The lowest BCUT2D eigenvalue weighted by Gasteiger charge is -2.11. The first-order valence-corrected chi connectivity index (χ1v) is 11.1. The van der Waals surface area contributed by atoms with Gasteiger partial charge in [-0.25, -0.2) is 13.1 Å². The van der Waals surface area contributed by atoms with Crippen molar-refractivity contribution in [2.75, 3.05) is 12.9 Å². The van der Waals surface area contributed by atoms with Crippen LogP contribution < -0.4 is 4.74 Å². The van der Waals surface area contributed by atoms with Gasteiger partial charge in [0, 0.05) is 24.4 Å². The molecule has 2 aromatic carbocycles. The van der Waals surface area contributed by atoms with E-state index in [9.17, 15) is 18.0 Å². The number of rotatable bonds is 7. The minimum absolute atomic E-state index is 0.173. The second kappa shape index (κ2) is 8.23. The summed E-state index contributed by atoms with van der Waals surface area (Å²) in [6.07, 6.45) is 2.51. The smallest absolute Gasteiger partial charge is 0.223 e. The zero-order valence-corrected chi connectivity index (χ0v) is 18.0. The molecule has 0 atom stereocenters. The predicted molar refractivity (Wildman–Crippen MR) is 112 cm³/mol. The normalized spacial score (nSPS) is 11.3. The number of carbonyl (C=O) groups excluding carboxylic acids is 2. The maximum Gasteiger partial charge on any atom is 0.223 e. The van der Waals surface area contributed by atoms with Gasteiger partial charge in [0.1, 0.15) is 5.56 Å². The van der Waals surface area contributed by atoms with E-state index in [1.54, 1.807) is 45.2 Å². The molecule has 0 radical (unpaired) electrons. The summed E-state index contributed by atoms with van der Waals surface area (Å²) < 4.78 is 31.0. The van der Waals surface area contributed by atoms with E-state index in [2.05, 4.69) is 5.10 Å². The van der Waals surface area contributed by atoms with Gasteiger partial charge < -0.3 is 4.74 Å². The Morgan fingerprint density at radius 2 is 1.63 bits per heavy atom. The molecule has 0 N–H and O–H groups in total. The van der Waals surface area contributed by atoms with Gasteiger partial charge in [0.2, 0.25) is 5.88 Å². The Morgan fingerprint density at radius 3 is 2.20 bits per heavy atom. The monoisotopic (exact) mass is 426 g/mol. The molecule has 0 saturated heterocycles. The van der Waals surface area contributed by atoms with Gasteiger partial charge in [-0.1, -0.05) is 30.3 Å². The number of hydrogen-bond acceptors (Lipinski definition) is 6. The van der Waals surface area contributed by atoms with Gasteiger partial charge >= 0.3 is 0 Å². The number of nitrogens with zero attached hydrogens (tertiary/aromatic N) is 2. The third-order valence-corrected chi connectivity index (χ3v) is 6.04. The molecule has 0 aliphatic rings. The molecule has 0 unspecified atom stereocenters. The molecule has 7 nitrogen and oxygen atoms in total. The van der Waals surface area contributed by atoms with Crippen LogP contribution in [0.1, 0.15) is 37.4 Å². The van der Waals surface area contributed by atoms with Crippen LogP contribution in [0.5, 0.6) is 5.88 Å². The molecule has 8 heteroatoms. The lowest BCUT2D eigenvalue weighted by Crippen LogP contribution is -2.15. The lowest BCUT2D eigenvalue weighted by molar-refractivity contribution is 0.0908. The van der Waals surface area contributed by atoms with Crippen molar-refractivity contribution in [1.82, 2.24) is 9.78 Å². The summed E-state index contributed by atoms with van der Waals surface area (Å²) >= 11 is 0. The molecule has 0 aliphatic heterocycles. The second-order valence-electron chi connectivity index (χ2n) is 7.11. The molecule has 1 aromatic heterocycles. The number of Topliss-reactive ketones (excluding diaryl/α,β-unsaturated/α-hetero) is 1. The highest BCUT2D eigenvalue weighted by atomic mass is 32.2. The van der Waals surface area contributed by atoms with Crippen molar-refractivity contribution in [2.24, 2.45) is 7.05 Å². The number of carbonyl (C=O) groups is 2. The SMILES string of the molecule is Cc1cc(C(=O)c2cnn(C)c2OCC(=O)c2ccccc2)cc(C)c1S(C)(=O)=O. The summed E-state index contributed by atoms with van der Waals surface area (Å²) in [6, 6.07) is 11.8. The van der Waals surface area contributed by atoms with E-state index in [0.29, 0.717) is 22.3 Å². The maximum atomic E-state index is 13.1. The van der Waals surface area contributed by atoms with Crippen LogP contribution in [0.25, 0.3) is 0 Å². The third kappa shape index (κ3) is 4.33. The maximum absolute atomic E-state index is 13.1. The van der Waals surface area contributed by atoms with E-state index >= 15 is 0 Å². The van der Waals surface area contributed by atoms with Crippen molar-refractivity contribution in [3.05, 3.63) is 76.5 Å². The lowest BCUT2D eigenvalue weighted by atomic mass is 10.0. The van der Waals surface area contributed by atoms with Crippen molar-refractivity contribution in [2.45, 2.75) is 18.7 Å². The molecule has 0 bridgehead atoms. The number of ether oxygens (including phenoxy) is 1. The number of ketones is 2. The minimum Gasteiger partial charge on any atom is -0.469 e. The van der Waals surface area contributed by atoms with Crippen molar-refractivity contribution in [3.63, 3.8) is 0 Å². The van der Waals surface area contributed by atoms with E-state index in [0.717, 1.165) is 6.26 Å². The van der Waals surface area contributed by atoms with Gasteiger partial charge in [0.05, 0.1) is 11.1 Å². The Balaban J connectivity index is 1.89. The molecular weight excluding hydrogens is 404 g/mol. The fourth-order valence-corrected chi connectivity index (χ4v) is 4.70. The zero-order chi connectivity index (χ0) is 22.1. The molecule has 3 aromatic rings. The molecule has 0 amide bonds. The van der Waals surface area contributed by atoms with Gasteiger partial charge in [0.15, 0.2) is 28.0 Å². The molecule has 0 fully saturated rings. The summed E-state index contributed by atoms with van der Waals surface area (Å²) in [5, 5.41) is 4.08. The molecule has 156 valence electrons. The first kappa shape index (κ1) is 21.4. The molecule has 0 spiro atoms. The highest BCUT2D eigenvalue weighted by molar-refractivity contribution is 7.90. The van der Waals surface area contributed by atoms with Crippen molar-refractivity contribution < 1.29 is 22.7 Å². The number of benzene rings is 2. The van der Waals surface area contributed by atoms with E-state index in [4.69, 9.17) is 4.74 Å². The molecule has 1 heterocycles. The Morgan fingerprint density at radius 1 is 1.03 bits per heavy atom. The summed E-state index contributed by atoms with van der Waals surface area (Å²) in [6.45, 7) is 3.06.